The molecule has 7 rings (SSSR count). The Morgan fingerprint density at radius 1 is 0.833 bits per heavy atom. The molecule has 2 aromatic heterocycles. The highest BCUT2D eigenvalue weighted by molar-refractivity contribution is 7.25. The quantitative estimate of drug-likeness (QED) is 0.296. The first-order valence-electron chi connectivity index (χ1n) is 10.0. The molecule has 1 aliphatic rings. The lowest BCUT2D eigenvalue weighted by atomic mass is 9.99. The van der Waals surface area contributed by atoms with E-state index in [2.05, 4.69) is 83.4 Å². The van der Waals surface area contributed by atoms with Gasteiger partial charge in [0.25, 0.3) is 0 Å². The second kappa shape index (κ2) is 5.94. The third kappa shape index (κ3) is 2.17. The predicted molar refractivity (Wildman–Crippen MR) is 124 cm³/mol. The van der Waals surface area contributed by atoms with Gasteiger partial charge in [-0.25, -0.2) is 4.98 Å². The van der Waals surface area contributed by atoms with E-state index in [9.17, 15) is 0 Å². The number of benzene rings is 4. The van der Waals surface area contributed by atoms with Crippen LogP contribution in [0.3, 0.4) is 0 Å². The van der Waals surface area contributed by atoms with E-state index in [1.807, 2.05) is 17.4 Å². The van der Waals surface area contributed by atoms with Crippen molar-refractivity contribution >= 4 is 42.5 Å². The molecule has 3 nitrogen and oxygen atoms in total. The van der Waals surface area contributed by atoms with Crippen LogP contribution in [0.25, 0.3) is 48.0 Å². The van der Waals surface area contributed by atoms with Crippen molar-refractivity contribution in [3.05, 3.63) is 90.8 Å². The van der Waals surface area contributed by atoms with Crippen molar-refractivity contribution in [2.24, 2.45) is 0 Å². The molecule has 4 heteroatoms. The van der Waals surface area contributed by atoms with E-state index in [1.165, 1.54) is 31.3 Å². The Hall–Kier alpha value is -3.63. The molecule has 0 atom stereocenters. The van der Waals surface area contributed by atoms with Crippen LogP contribution in [0.15, 0.2) is 84.9 Å². The van der Waals surface area contributed by atoms with Gasteiger partial charge in [0.2, 0.25) is 0 Å². The van der Waals surface area contributed by atoms with Gasteiger partial charge >= 0.3 is 0 Å². The number of aromatic nitrogens is 2. The maximum Gasteiger partial charge on any atom is 0.152 e. The summed E-state index contributed by atoms with van der Waals surface area (Å²) in [5, 5.41) is 2.64. The molecule has 0 saturated carbocycles. The van der Waals surface area contributed by atoms with Gasteiger partial charge in [0, 0.05) is 20.2 Å². The van der Waals surface area contributed by atoms with Crippen molar-refractivity contribution < 1.29 is 4.74 Å². The molecule has 0 bridgehead atoms. The fraction of sp³-hybridized carbons (Fsp3) is 0.0385. The molecule has 0 aliphatic carbocycles. The summed E-state index contributed by atoms with van der Waals surface area (Å²) in [5.41, 5.74) is 5.60. The van der Waals surface area contributed by atoms with Crippen molar-refractivity contribution in [3.63, 3.8) is 0 Å². The lowest BCUT2D eigenvalue weighted by Gasteiger charge is -2.21. The summed E-state index contributed by atoms with van der Waals surface area (Å²) in [6.45, 7) is 0.483. The van der Waals surface area contributed by atoms with E-state index < -0.39 is 0 Å². The summed E-state index contributed by atoms with van der Waals surface area (Å²) in [5.74, 6) is 1.85. The summed E-state index contributed by atoms with van der Waals surface area (Å²) < 4.78 is 11.0. The Balaban J connectivity index is 1.47. The van der Waals surface area contributed by atoms with Crippen molar-refractivity contribution in [1.29, 1.82) is 0 Å². The van der Waals surface area contributed by atoms with Gasteiger partial charge in [-0.15, -0.1) is 11.3 Å². The number of nitrogens with zero attached hydrogens (tertiary/aromatic N) is 2. The fourth-order valence-electron chi connectivity index (χ4n) is 4.58. The van der Waals surface area contributed by atoms with Crippen LogP contribution in [0.2, 0.25) is 0 Å². The third-order valence-electron chi connectivity index (χ3n) is 5.90. The van der Waals surface area contributed by atoms with E-state index in [-0.39, 0.29) is 0 Å². The second-order valence-corrected chi connectivity index (χ2v) is 8.68. The predicted octanol–water partition coefficient (Wildman–Crippen LogP) is 6.95. The largest absolute Gasteiger partial charge is 0.483 e. The Morgan fingerprint density at radius 2 is 1.70 bits per heavy atom. The Kier molecular flexibility index (Phi) is 3.21. The zero-order valence-corrected chi connectivity index (χ0v) is 16.8. The minimum atomic E-state index is 0.483. The molecule has 1 aliphatic heterocycles. The lowest BCUT2D eigenvalue weighted by molar-refractivity contribution is 0.281. The molecular weight excluding hydrogens is 388 g/mol. The standard InChI is InChI=1S/C26H16N2OS/c1-4-10-23-18(6-1)26-17(7-5-11-24(26)30-23)16-12-13-21-22(14-16)29-15-25-27-19-8-2-3-9-20(19)28(21)25/h1-14H,15H2. The molecule has 0 amide bonds. The average Bonchev–Trinajstić information content (AvgIpc) is 3.37. The molecule has 0 radical (unpaired) electrons. The van der Waals surface area contributed by atoms with Gasteiger partial charge in [0.15, 0.2) is 5.82 Å². The summed E-state index contributed by atoms with van der Waals surface area (Å²) in [6, 6.07) is 30.0. The first kappa shape index (κ1) is 16.2. The summed E-state index contributed by atoms with van der Waals surface area (Å²) in [4.78, 5) is 4.74. The van der Waals surface area contributed by atoms with E-state index in [0.29, 0.717) is 6.61 Å². The van der Waals surface area contributed by atoms with E-state index >= 15 is 0 Å². The van der Waals surface area contributed by atoms with Crippen LogP contribution in [0.5, 0.6) is 5.75 Å². The minimum Gasteiger partial charge on any atom is -0.483 e. The van der Waals surface area contributed by atoms with E-state index in [1.54, 1.807) is 0 Å². The molecule has 30 heavy (non-hydrogen) atoms. The minimum absolute atomic E-state index is 0.483. The van der Waals surface area contributed by atoms with Crippen molar-refractivity contribution in [3.8, 4) is 22.6 Å². The summed E-state index contributed by atoms with van der Waals surface area (Å²) in [7, 11) is 0. The summed E-state index contributed by atoms with van der Waals surface area (Å²) >= 11 is 1.85. The molecule has 3 heterocycles. The van der Waals surface area contributed by atoms with Gasteiger partial charge in [-0.2, -0.15) is 0 Å². The van der Waals surface area contributed by atoms with Crippen LogP contribution in [0.1, 0.15) is 5.82 Å². The fourth-order valence-corrected chi connectivity index (χ4v) is 5.71. The number of imidazole rings is 1. The SMILES string of the molecule is c1ccc2c(c1)nc1n2-c2ccc(-c3cccc4sc5ccccc5c34)cc2OC1. The van der Waals surface area contributed by atoms with Crippen molar-refractivity contribution in [2.45, 2.75) is 6.61 Å². The van der Waals surface area contributed by atoms with E-state index in [4.69, 9.17) is 9.72 Å². The molecular formula is C26H16N2OS. The number of para-hydroxylation sites is 2. The zero-order chi connectivity index (χ0) is 19.7. The number of thiophene rings is 1. The maximum atomic E-state index is 6.14. The van der Waals surface area contributed by atoms with Gasteiger partial charge < -0.3 is 4.74 Å². The normalized spacial score (nSPS) is 12.8. The van der Waals surface area contributed by atoms with Crippen LogP contribution >= 0.6 is 11.3 Å². The number of fused-ring (bicyclic) bond motifs is 8. The molecule has 142 valence electrons. The van der Waals surface area contributed by atoms with Gasteiger partial charge in [0.1, 0.15) is 12.4 Å². The first-order chi connectivity index (χ1) is 14.9. The average molecular weight is 404 g/mol. The third-order valence-corrected chi connectivity index (χ3v) is 7.04. The van der Waals surface area contributed by atoms with Gasteiger partial charge in [-0.3, -0.25) is 4.57 Å². The van der Waals surface area contributed by atoms with Crippen LogP contribution in [-0.4, -0.2) is 9.55 Å². The molecule has 4 aromatic carbocycles. The van der Waals surface area contributed by atoms with Crippen molar-refractivity contribution in [1.82, 2.24) is 9.55 Å². The van der Waals surface area contributed by atoms with Gasteiger partial charge in [-0.05, 0) is 47.5 Å². The molecule has 0 fully saturated rings. The highest BCUT2D eigenvalue weighted by atomic mass is 32.1. The maximum absolute atomic E-state index is 6.14. The monoisotopic (exact) mass is 404 g/mol. The van der Waals surface area contributed by atoms with Crippen LogP contribution in [-0.2, 0) is 6.61 Å². The zero-order valence-electron chi connectivity index (χ0n) is 16.0. The van der Waals surface area contributed by atoms with Gasteiger partial charge in [-0.1, -0.05) is 48.5 Å². The highest BCUT2D eigenvalue weighted by Crippen LogP contribution is 2.42. The summed E-state index contributed by atoms with van der Waals surface area (Å²) in [6.07, 6.45) is 0. The number of rotatable bonds is 1. The van der Waals surface area contributed by atoms with E-state index in [0.717, 1.165) is 28.3 Å². The number of ether oxygens (including phenoxy) is 1. The number of hydrogen-bond donors (Lipinski definition) is 0. The first-order valence-corrected chi connectivity index (χ1v) is 10.8. The smallest absolute Gasteiger partial charge is 0.152 e. The lowest BCUT2D eigenvalue weighted by Crippen LogP contribution is -2.13. The Morgan fingerprint density at radius 3 is 2.70 bits per heavy atom. The molecule has 0 unspecified atom stereocenters. The van der Waals surface area contributed by atoms with Crippen LogP contribution in [0.4, 0.5) is 0 Å². The molecule has 0 N–H and O–H groups in total. The number of hydrogen-bond acceptors (Lipinski definition) is 3. The van der Waals surface area contributed by atoms with Crippen LogP contribution < -0.4 is 4.74 Å². The Labute approximate surface area is 176 Å². The molecule has 6 aromatic rings. The Bertz CT molecular complexity index is 1610. The molecule has 0 saturated heterocycles. The second-order valence-electron chi connectivity index (χ2n) is 7.60. The van der Waals surface area contributed by atoms with Crippen molar-refractivity contribution in [2.75, 3.05) is 0 Å². The van der Waals surface area contributed by atoms with Gasteiger partial charge in [0.05, 0.1) is 16.7 Å². The molecule has 0 spiro atoms. The van der Waals surface area contributed by atoms with Crippen LogP contribution in [0, 0.1) is 0 Å². The highest BCUT2D eigenvalue weighted by Gasteiger charge is 2.22. The topological polar surface area (TPSA) is 27.1 Å².